The molecule has 1 N–H and O–H groups in total. The highest BCUT2D eigenvalue weighted by atomic mass is 35.5. The maximum atomic E-state index is 12.5. The van der Waals surface area contributed by atoms with Gasteiger partial charge in [0.25, 0.3) is 0 Å². The molecule has 2 rings (SSSR count). The molecule has 4 nitrogen and oxygen atoms in total. The summed E-state index contributed by atoms with van der Waals surface area (Å²) >= 11 is 5.75. The molecule has 0 unspecified atom stereocenters. The summed E-state index contributed by atoms with van der Waals surface area (Å²) in [5, 5.41) is 12.3. The normalized spacial score (nSPS) is 11.6. The van der Waals surface area contributed by atoms with Crippen molar-refractivity contribution in [2.75, 3.05) is 0 Å². The van der Waals surface area contributed by atoms with Crippen LogP contribution in [0.3, 0.4) is 0 Å². The molecular formula is C11H6ClF3N2O2. The van der Waals surface area contributed by atoms with Crippen molar-refractivity contribution in [1.82, 2.24) is 9.78 Å². The molecule has 1 aromatic carbocycles. The number of benzene rings is 1. The Hall–Kier alpha value is -2.02. The van der Waals surface area contributed by atoms with Crippen molar-refractivity contribution in [3.8, 4) is 5.69 Å². The molecule has 0 saturated carbocycles. The van der Waals surface area contributed by atoms with Crippen LogP contribution >= 0.6 is 11.6 Å². The van der Waals surface area contributed by atoms with E-state index in [2.05, 4.69) is 5.10 Å². The average Bonchev–Trinajstić information content (AvgIpc) is 2.76. The van der Waals surface area contributed by atoms with Gasteiger partial charge in [0.2, 0.25) is 0 Å². The molecule has 0 fully saturated rings. The van der Waals surface area contributed by atoms with Gasteiger partial charge in [-0.3, -0.25) is 0 Å². The Kier molecular flexibility index (Phi) is 3.23. The molecule has 1 aromatic heterocycles. The average molecular weight is 291 g/mol. The van der Waals surface area contributed by atoms with Crippen LogP contribution in [0.4, 0.5) is 13.2 Å². The summed E-state index contributed by atoms with van der Waals surface area (Å²) in [4.78, 5) is 10.7. The minimum Gasteiger partial charge on any atom is -0.478 e. The van der Waals surface area contributed by atoms with Crippen molar-refractivity contribution in [2.45, 2.75) is 6.18 Å². The Morgan fingerprint density at radius 1 is 1.37 bits per heavy atom. The van der Waals surface area contributed by atoms with E-state index in [4.69, 9.17) is 16.7 Å². The zero-order valence-corrected chi connectivity index (χ0v) is 9.90. The van der Waals surface area contributed by atoms with Crippen molar-refractivity contribution < 1.29 is 23.1 Å². The molecule has 0 aliphatic rings. The number of halogens is 4. The van der Waals surface area contributed by atoms with E-state index < -0.39 is 17.7 Å². The third-order valence-corrected chi connectivity index (χ3v) is 2.65. The van der Waals surface area contributed by atoms with Crippen LogP contribution in [0.1, 0.15) is 15.9 Å². The highest BCUT2D eigenvalue weighted by Crippen LogP contribution is 2.33. The smallest absolute Gasteiger partial charge is 0.416 e. The van der Waals surface area contributed by atoms with E-state index in [-0.39, 0.29) is 16.3 Å². The van der Waals surface area contributed by atoms with Gasteiger partial charge >= 0.3 is 12.1 Å². The molecule has 19 heavy (non-hydrogen) atoms. The maximum absolute atomic E-state index is 12.5. The summed E-state index contributed by atoms with van der Waals surface area (Å²) in [6.45, 7) is 0. The number of aromatic nitrogens is 2. The van der Waals surface area contributed by atoms with Crippen molar-refractivity contribution in [3.05, 3.63) is 46.7 Å². The molecule has 2 aromatic rings. The Morgan fingerprint density at radius 3 is 2.53 bits per heavy atom. The number of carboxylic acid groups (broad SMARTS) is 1. The summed E-state index contributed by atoms with van der Waals surface area (Å²) in [6, 6.07) is 2.74. The lowest BCUT2D eigenvalue weighted by Gasteiger charge is -2.09. The highest BCUT2D eigenvalue weighted by Gasteiger charge is 2.31. The molecular weight excluding hydrogens is 285 g/mol. The largest absolute Gasteiger partial charge is 0.478 e. The van der Waals surface area contributed by atoms with Crippen LogP contribution in [0, 0.1) is 0 Å². The number of hydrogen-bond acceptors (Lipinski definition) is 2. The van der Waals surface area contributed by atoms with E-state index in [1.807, 2.05) is 0 Å². The van der Waals surface area contributed by atoms with Crippen LogP contribution in [-0.2, 0) is 6.18 Å². The van der Waals surface area contributed by atoms with E-state index in [1.165, 1.54) is 0 Å². The van der Waals surface area contributed by atoms with Gasteiger partial charge in [-0.15, -0.1) is 0 Å². The second-order valence-corrected chi connectivity index (χ2v) is 4.05. The SMILES string of the molecule is O=C(O)c1cnn(-c2ccc(C(F)(F)F)cc2Cl)c1. The molecule has 8 heteroatoms. The molecule has 100 valence electrons. The van der Waals surface area contributed by atoms with Crippen molar-refractivity contribution in [2.24, 2.45) is 0 Å². The number of carbonyl (C=O) groups is 1. The summed E-state index contributed by atoms with van der Waals surface area (Å²) in [6.07, 6.45) is -2.24. The lowest BCUT2D eigenvalue weighted by atomic mass is 10.2. The van der Waals surface area contributed by atoms with E-state index in [9.17, 15) is 18.0 Å². The number of nitrogens with zero attached hydrogens (tertiary/aromatic N) is 2. The predicted octanol–water partition coefficient (Wildman–Crippen LogP) is 3.24. The maximum Gasteiger partial charge on any atom is 0.416 e. The van der Waals surface area contributed by atoms with E-state index in [0.29, 0.717) is 0 Å². The zero-order valence-electron chi connectivity index (χ0n) is 9.15. The Labute approximate surface area is 110 Å². The second kappa shape index (κ2) is 4.58. The first-order valence-electron chi connectivity index (χ1n) is 4.94. The second-order valence-electron chi connectivity index (χ2n) is 3.64. The predicted molar refractivity (Wildman–Crippen MR) is 60.5 cm³/mol. The number of hydrogen-bond donors (Lipinski definition) is 1. The van der Waals surface area contributed by atoms with Gasteiger partial charge in [-0.1, -0.05) is 11.6 Å². The molecule has 0 amide bonds. The molecule has 0 spiro atoms. The van der Waals surface area contributed by atoms with Crippen molar-refractivity contribution in [1.29, 1.82) is 0 Å². The fourth-order valence-corrected chi connectivity index (χ4v) is 1.70. The molecule has 0 atom stereocenters. The molecule has 1 heterocycles. The van der Waals surface area contributed by atoms with Crippen LogP contribution in [0.5, 0.6) is 0 Å². The fraction of sp³-hybridized carbons (Fsp3) is 0.0909. The molecule has 0 aliphatic carbocycles. The number of aromatic carboxylic acids is 1. The highest BCUT2D eigenvalue weighted by molar-refractivity contribution is 6.32. The van der Waals surface area contributed by atoms with Crippen LogP contribution in [-0.4, -0.2) is 20.9 Å². The number of alkyl halides is 3. The first kappa shape index (κ1) is 13.4. The summed E-state index contributed by atoms with van der Waals surface area (Å²) in [5.41, 5.74) is -0.801. The minimum absolute atomic E-state index is 0.0871. The Bertz CT molecular complexity index is 637. The Balaban J connectivity index is 2.43. The monoisotopic (exact) mass is 290 g/mol. The number of rotatable bonds is 2. The van der Waals surface area contributed by atoms with Crippen LogP contribution in [0.15, 0.2) is 30.6 Å². The molecule has 0 bridgehead atoms. The molecule has 0 aliphatic heterocycles. The third kappa shape index (κ3) is 2.70. The summed E-state index contributed by atoms with van der Waals surface area (Å²) in [7, 11) is 0. The van der Waals surface area contributed by atoms with Gasteiger partial charge in [-0.05, 0) is 18.2 Å². The quantitative estimate of drug-likeness (QED) is 0.924. The summed E-state index contributed by atoms with van der Waals surface area (Å²) < 4.78 is 38.5. The summed E-state index contributed by atoms with van der Waals surface area (Å²) in [5.74, 6) is -1.19. The van der Waals surface area contributed by atoms with Crippen LogP contribution < -0.4 is 0 Å². The van der Waals surface area contributed by atoms with Gasteiger partial charge < -0.3 is 5.11 Å². The van der Waals surface area contributed by atoms with E-state index in [0.717, 1.165) is 35.3 Å². The molecule has 0 saturated heterocycles. The molecule has 0 radical (unpaired) electrons. The van der Waals surface area contributed by atoms with Crippen molar-refractivity contribution in [3.63, 3.8) is 0 Å². The lowest BCUT2D eigenvalue weighted by molar-refractivity contribution is -0.137. The third-order valence-electron chi connectivity index (χ3n) is 2.35. The van der Waals surface area contributed by atoms with Gasteiger partial charge in [0, 0.05) is 6.20 Å². The Morgan fingerprint density at radius 2 is 2.05 bits per heavy atom. The van der Waals surface area contributed by atoms with Crippen molar-refractivity contribution >= 4 is 17.6 Å². The van der Waals surface area contributed by atoms with Crippen LogP contribution in [0.25, 0.3) is 5.69 Å². The lowest BCUT2D eigenvalue weighted by Crippen LogP contribution is -2.06. The standard InChI is InChI=1S/C11H6ClF3N2O2/c12-8-3-7(11(13,14)15)1-2-9(8)17-5-6(4-16-17)10(18)19/h1-5H,(H,18,19). The van der Waals surface area contributed by atoms with E-state index in [1.54, 1.807) is 0 Å². The minimum atomic E-state index is -4.49. The first-order valence-corrected chi connectivity index (χ1v) is 5.32. The van der Waals surface area contributed by atoms with Gasteiger partial charge in [0.15, 0.2) is 0 Å². The van der Waals surface area contributed by atoms with Gasteiger partial charge in [-0.2, -0.15) is 18.3 Å². The first-order chi connectivity index (χ1) is 8.79. The fourth-order valence-electron chi connectivity index (χ4n) is 1.43. The topological polar surface area (TPSA) is 55.1 Å². The van der Waals surface area contributed by atoms with Crippen LogP contribution in [0.2, 0.25) is 5.02 Å². The van der Waals surface area contributed by atoms with Gasteiger partial charge in [-0.25, -0.2) is 9.48 Å². The van der Waals surface area contributed by atoms with Gasteiger partial charge in [0.1, 0.15) is 0 Å². The zero-order chi connectivity index (χ0) is 14.2. The number of carboxylic acids is 1. The van der Waals surface area contributed by atoms with Gasteiger partial charge in [0.05, 0.1) is 28.0 Å². The van der Waals surface area contributed by atoms with E-state index >= 15 is 0 Å².